The number of para-hydroxylation sites is 1. The Morgan fingerprint density at radius 3 is 2.73 bits per heavy atom. The lowest BCUT2D eigenvalue weighted by Crippen LogP contribution is -2.36. The van der Waals surface area contributed by atoms with E-state index in [1.54, 1.807) is 11.1 Å². The molecule has 2 aromatic rings. The summed E-state index contributed by atoms with van der Waals surface area (Å²) in [7, 11) is 0. The van der Waals surface area contributed by atoms with Gasteiger partial charge < -0.3 is 10.2 Å². The van der Waals surface area contributed by atoms with Crippen molar-refractivity contribution in [3.05, 3.63) is 77.5 Å². The van der Waals surface area contributed by atoms with Gasteiger partial charge in [0.1, 0.15) is 11.6 Å². The normalized spacial score (nSPS) is 13.7. The van der Waals surface area contributed by atoms with Gasteiger partial charge in [0.05, 0.1) is 0 Å². The number of rotatable bonds is 6. The Balaban J connectivity index is 1.57. The molecule has 1 heterocycles. The van der Waals surface area contributed by atoms with Crippen LogP contribution in [0.2, 0.25) is 0 Å². The fraction of sp³-hybridized carbons (Fsp3) is 0.273. The molecule has 0 saturated carbocycles. The highest BCUT2D eigenvalue weighted by Gasteiger charge is 2.24. The second-order valence-corrected chi connectivity index (χ2v) is 6.40. The Kier molecular flexibility index (Phi) is 6.05. The summed E-state index contributed by atoms with van der Waals surface area (Å²) < 4.78 is 0. The van der Waals surface area contributed by atoms with Crippen molar-refractivity contribution in [1.29, 1.82) is 5.26 Å². The van der Waals surface area contributed by atoms with Gasteiger partial charge in [-0.3, -0.25) is 4.79 Å². The van der Waals surface area contributed by atoms with Crippen LogP contribution in [0.4, 0.5) is 5.69 Å². The highest BCUT2D eigenvalue weighted by molar-refractivity contribution is 6.08. The third kappa shape index (κ3) is 4.31. The molecule has 4 nitrogen and oxygen atoms in total. The topological polar surface area (TPSA) is 56.1 Å². The minimum atomic E-state index is -0.227. The van der Waals surface area contributed by atoms with Gasteiger partial charge in [0.25, 0.3) is 5.91 Å². The van der Waals surface area contributed by atoms with Gasteiger partial charge in [-0.25, -0.2) is 0 Å². The van der Waals surface area contributed by atoms with Crippen molar-refractivity contribution in [1.82, 2.24) is 5.32 Å². The fourth-order valence-corrected chi connectivity index (χ4v) is 3.25. The summed E-state index contributed by atoms with van der Waals surface area (Å²) in [5, 5.41) is 12.5. The first-order valence-corrected chi connectivity index (χ1v) is 9.07. The number of anilines is 1. The van der Waals surface area contributed by atoms with Crippen LogP contribution in [0.5, 0.6) is 0 Å². The number of carbonyl (C=O) groups excluding carboxylic acids is 1. The van der Waals surface area contributed by atoms with Gasteiger partial charge in [-0.15, -0.1) is 0 Å². The summed E-state index contributed by atoms with van der Waals surface area (Å²) in [5.41, 5.74) is 3.54. The third-order valence-electron chi connectivity index (χ3n) is 4.58. The summed E-state index contributed by atoms with van der Waals surface area (Å²) in [5.74, 6) is -0.227. The van der Waals surface area contributed by atoms with Gasteiger partial charge in [-0.1, -0.05) is 48.5 Å². The largest absolute Gasteiger partial charge is 0.390 e. The molecule has 26 heavy (non-hydrogen) atoms. The average Bonchev–Trinajstić information content (AvgIpc) is 2.70. The van der Waals surface area contributed by atoms with E-state index in [-0.39, 0.29) is 11.5 Å². The molecule has 0 radical (unpaired) electrons. The van der Waals surface area contributed by atoms with Crippen molar-refractivity contribution in [2.75, 3.05) is 18.0 Å². The van der Waals surface area contributed by atoms with Crippen LogP contribution in [0.1, 0.15) is 24.0 Å². The maximum Gasteiger partial charge on any atom is 0.270 e. The Bertz CT molecular complexity index is 821. The van der Waals surface area contributed by atoms with Crippen molar-refractivity contribution in [3.8, 4) is 6.07 Å². The van der Waals surface area contributed by atoms with E-state index in [2.05, 4.69) is 17.4 Å². The number of nitriles is 1. The van der Waals surface area contributed by atoms with Crippen LogP contribution in [-0.2, 0) is 17.6 Å². The number of fused-ring (bicyclic) bond motifs is 1. The molecule has 0 unspecified atom stereocenters. The van der Waals surface area contributed by atoms with Crippen LogP contribution < -0.4 is 10.2 Å². The predicted octanol–water partition coefficient (Wildman–Crippen LogP) is 3.60. The first-order valence-electron chi connectivity index (χ1n) is 9.07. The van der Waals surface area contributed by atoms with E-state index >= 15 is 0 Å². The molecule has 0 aliphatic carbocycles. The first kappa shape index (κ1) is 17.8. The molecule has 3 rings (SSSR count). The number of amides is 1. The van der Waals surface area contributed by atoms with Crippen LogP contribution in [0.3, 0.4) is 0 Å². The molecule has 132 valence electrons. The number of hydrogen-bond acceptors (Lipinski definition) is 3. The van der Waals surface area contributed by atoms with Crippen molar-refractivity contribution in [2.45, 2.75) is 25.7 Å². The van der Waals surface area contributed by atoms with E-state index in [1.165, 1.54) is 11.1 Å². The molecule has 0 fully saturated rings. The molecule has 0 saturated heterocycles. The Labute approximate surface area is 154 Å². The third-order valence-corrected chi connectivity index (χ3v) is 4.58. The molecule has 1 aliphatic rings. The molecule has 4 heteroatoms. The summed E-state index contributed by atoms with van der Waals surface area (Å²) in [6.07, 6.45) is 5.37. The molecule has 1 aliphatic heterocycles. The molecule has 2 aromatic carbocycles. The second-order valence-electron chi connectivity index (χ2n) is 6.40. The zero-order chi connectivity index (χ0) is 18.2. The number of aryl methyl sites for hydroxylation is 2. The lowest BCUT2D eigenvalue weighted by atomic mass is 10.0. The number of benzene rings is 2. The molecular weight excluding hydrogens is 322 g/mol. The van der Waals surface area contributed by atoms with Crippen molar-refractivity contribution >= 4 is 11.6 Å². The summed E-state index contributed by atoms with van der Waals surface area (Å²) in [6.45, 7) is 1.38. The van der Waals surface area contributed by atoms with E-state index in [9.17, 15) is 10.1 Å². The number of carbonyl (C=O) groups is 1. The molecule has 0 bridgehead atoms. The highest BCUT2D eigenvalue weighted by Crippen LogP contribution is 2.27. The van der Waals surface area contributed by atoms with Gasteiger partial charge in [0.15, 0.2) is 0 Å². The van der Waals surface area contributed by atoms with Gasteiger partial charge in [-0.2, -0.15) is 5.26 Å². The minimum Gasteiger partial charge on any atom is -0.390 e. The SMILES string of the molecule is N#C/C(=C/NCCCc1ccccc1)C(=O)N1CCCc2ccccc21. The number of nitrogens with zero attached hydrogens (tertiary/aromatic N) is 2. The maximum atomic E-state index is 12.8. The smallest absolute Gasteiger partial charge is 0.270 e. The van der Waals surface area contributed by atoms with Gasteiger partial charge in [0.2, 0.25) is 0 Å². The van der Waals surface area contributed by atoms with E-state index in [4.69, 9.17) is 0 Å². The van der Waals surface area contributed by atoms with Crippen LogP contribution in [0.15, 0.2) is 66.4 Å². The van der Waals surface area contributed by atoms with Gasteiger partial charge in [0, 0.05) is 25.0 Å². The summed E-state index contributed by atoms with van der Waals surface area (Å²) >= 11 is 0. The van der Waals surface area contributed by atoms with Crippen molar-refractivity contribution < 1.29 is 4.79 Å². The van der Waals surface area contributed by atoms with Crippen LogP contribution in [-0.4, -0.2) is 19.0 Å². The summed E-state index contributed by atoms with van der Waals surface area (Å²) in [6, 6.07) is 20.3. The van der Waals surface area contributed by atoms with E-state index in [0.29, 0.717) is 6.54 Å². The lowest BCUT2D eigenvalue weighted by molar-refractivity contribution is -0.114. The number of hydrogen-bond donors (Lipinski definition) is 1. The van der Waals surface area contributed by atoms with Gasteiger partial charge >= 0.3 is 0 Å². The van der Waals surface area contributed by atoms with Crippen molar-refractivity contribution in [2.24, 2.45) is 0 Å². The highest BCUT2D eigenvalue weighted by atomic mass is 16.2. The molecule has 0 aromatic heterocycles. The Morgan fingerprint density at radius 2 is 1.92 bits per heavy atom. The maximum absolute atomic E-state index is 12.8. The Morgan fingerprint density at radius 1 is 1.15 bits per heavy atom. The zero-order valence-corrected chi connectivity index (χ0v) is 14.8. The quantitative estimate of drug-likeness (QED) is 0.494. The molecule has 1 N–H and O–H groups in total. The van der Waals surface area contributed by atoms with Crippen LogP contribution in [0.25, 0.3) is 0 Å². The zero-order valence-electron chi connectivity index (χ0n) is 14.8. The average molecular weight is 345 g/mol. The molecule has 0 spiro atoms. The Hall–Kier alpha value is -3.06. The van der Waals surface area contributed by atoms with Gasteiger partial charge in [-0.05, 0) is 42.9 Å². The fourth-order valence-electron chi connectivity index (χ4n) is 3.25. The lowest BCUT2D eigenvalue weighted by Gasteiger charge is -2.29. The number of nitrogens with one attached hydrogen (secondary N) is 1. The predicted molar refractivity (Wildman–Crippen MR) is 104 cm³/mol. The van der Waals surface area contributed by atoms with Crippen LogP contribution in [0, 0.1) is 11.3 Å². The minimum absolute atomic E-state index is 0.154. The summed E-state index contributed by atoms with van der Waals surface area (Å²) in [4.78, 5) is 14.5. The molecular formula is C22H23N3O. The van der Waals surface area contributed by atoms with E-state index < -0.39 is 0 Å². The monoisotopic (exact) mass is 345 g/mol. The molecule has 0 atom stereocenters. The van der Waals surface area contributed by atoms with E-state index in [1.807, 2.05) is 48.5 Å². The van der Waals surface area contributed by atoms with E-state index in [0.717, 1.165) is 37.9 Å². The second kappa shape index (κ2) is 8.87. The van der Waals surface area contributed by atoms with Crippen molar-refractivity contribution in [3.63, 3.8) is 0 Å². The molecule has 1 amide bonds. The standard InChI is InChI=1S/C22H23N3O/c23-16-20(17-24-14-6-10-18-8-2-1-3-9-18)22(26)25-15-7-12-19-11-4-5-13-21(19)25/h1-5,8-9,11,13,17,24H,6-7,10,12,14-15H2/b20-17-. The first-order chi connectivity index (χ1) is 12.8. The van der Waals surface area contributed by atoms with Crippen LogP contribution >= 0.6 is 0 Å².